The molecule has 1 fully saturated rings. The van der Waals surface area contributed by atoms with Gasteiger partial charge in [-0.2, -0.15) is 0 Å². The normalized spacial score (nSPS) is 17.0. The van der Waals surface area contributed by atoms with E-state index in [9.17, 15) is 13.2 Å². The van der Waals surface area contributed by atoms with E-state index in [-0.39, 0.29) is 16.7 Å². The maximum Gasteiger partial charge on any atom is 0.411 e. The molecular weight excluding hydrogens is 430 g/mol. The van der Waals surface area contributed by atoms with E-state index in [0.29, 0.717) is 29.7 Å². The molecule has 10 heteroatoms. The van der Waals surface area contributed by atoms with Crippen molar-refractivity contribution in [1.29, 1.82) is 0 Å². The van der Waals surface area contributed by atoms with Gasteiger partial charge in [-0.3, -0.25) is 4.90 Å². The molecule has 3 aromatic rings. The van der Waals surface area contributed by atoms with Gasteiger partial charge in [-0.1, -0.05) is 18.2 Å². The average molecular weight is 458 g/mol. The van der Waals surface area contributed by atoms with Gasteiger partial charge in [-0.15, -0.1) is 0 Å². The minimum Gasteiger partial charge on any atom is -0.444 e. The van der Waals surface area contributed by atoms with E-state index in [1.165, 1.54) is 24.5 Å². The zero-order valence-electron chi connectivity index (χ0n) is 18.3. The van der Waals surface area contributed by atoms with E-state index >= 15 is 0 Å². The van der Waals surface area contributed by atoms with Crippen molar-refractivity contribution < 1.29 is 17.9 Å². The fourth-order valence-corrected chi connectivity index (χ4v) is 5.08. The Hall–Kier alpha value is -3.27. The first-order valence-electron chi connectivity index (χ1n) is 10.4. The molecule has 0 spiro atoms. The lowest BCUT2D eigenvalue weighted by atomic mass is 10.2. The van der Waals surface area contributed by atoms with Crippen molar-refractivity contribution in [2.75, 3.05) is 17.6 Å². The van der Waals surface area contributed by atoms with Gasteiger partial charge in [0.05, 0.1) is 22.5 Å². The number of fused-ring (bicyclic) bond motifs is 1. The van der Waals surface area contributed by atoms with Gasteiger partial charge in [-0.25, -0.2) is 22.2 Å². The van der Waals surface area contributed by atoms with Crippen LogP contribution in [0, 0.1) is 0 Å². The summed E-state index contributed by atoms with van der Waals surface area (Å²) in [4.78, 5) is 18.7. The first-order chi connectivity index (χ1) is 15.1. The second kappa shape index (κ2) is 8.01. The number of amides is 1. The molecule has 1 unspecified atom stereocenters. The molecule has 3 N–H and O–H groups in total. The fraction of sp³-hybridized carbons (Fsp3) is 0.364. The maximum absolute atomic E-state index is 13.1. The number of rotatable bonds is 4. The van der Waals surface area contributed by atoms with E-state index in [1.807, 2.05) is 20.8 Å². The number of ether oxygens (including phenoxy) is 1. The topological polar surface area (TPSA) is 120 Å². The van der Waals surface area contributed by atoms with Crippen LogP contribution in [0.2, 0.25) is 0 Å². The standard InChI is InChI=1S/C22H27N5O4S/c1-22(2,3)31-21(28)26-12-7-10-18(26)25-19-16-11-13-27(20(16)24-14-17(19)23)32(29,30)15-8-5-4-6-9-15/h4-6,8-9,11,13-14,18H,7,10,12,23H2,1-3H3,(H,24,25). The van der Waals surface area contributed by atoms with Crippen molar-refractivity contribution in [3.63, 3.8) is 0 Å². The number of aromatic nitrogens is 2. The zero-order valence-corrected chi connectivity index (χ0v) is 19.1. The highest BCUT2D eigenvalue weighted by atomic mass is 32.2. The molecule has 1 aliphatic rings. The smallest absolute Gasteiger partial charge is 0.411 e. The summed E-state index contributed by atoms with van der Waals surface area (Å²) >= 11 is 0. The van der Waals surface area contributed by atoms with Crippen LogP contribution in [0.25, 0.3) is 11.0 Å². The summed E-state index contributed by atoms with van der Waals surface area (Å²) < 4.78 is 32.9. The van der Waals surface area contributed by atoms with Gasteiger partial charge in [0, 0.05) is 18.1 Å². The maximum atomic E-state index is 13.1. The molecule has 0 aliphatic carbocycles. The molecule has 2 aromatic heterocycles. The summed E-state index contributed by atoms with van der Waals surface area (Å²) in [6, 6.07) is 9.83. The lowest BCUT2D eigenvalue weighted by molar-refractivity contribution is 0.0244. The van der Waals surface area contributed by atoms with Crippen LogP contribution in [0.3, 0.4) is 0 Å². The van der Waals surface area contributed by atoms with Crippen LogP contribution in [0.4, 0.5) is 16.2 Å². The molecular formula is C22H27N5O4S. The molecule has 3 heterocycles. The van der Waals surface area contributed by atoms with Crippen LogP contribution in [0.5, 0.6) is 0 Å². The van der Waals surface area contributed by atoms with Crippen LogP contribution < -0.4 is 11.1 Å². The number of carbonyl (C=O) groups is 1. The minimum atomic E-state index is -3.82. The number of nitrogens with zero attached hydrogens (tertiary/aromatic N) is 3. The van der Waals surface area contributed by atoms with Crippen molar-refractivity contribution in [1.82, 2.24) is 13.9 Å². The number of pyridine rings is 1. The molecule has 170 valence electrons. The van der Waals surface area contributed by atoms with Gasteiger partial charge in [0.15, 0.2) is 5.65 Å². The Morgan fingerprint density at radius 1 is 1.22 bits per heavy atom. The lowest BCUT2D eigenvalue weighted by Crippen LogP contribution is -2.43. The third-order valence-corrected chi connectivity index (χ3v) is 6.88. The van der Waals surface area contributed by atoms with Crippen LogP contribution >= 0.6 is 0 Å². The van der Waals surface area contributed by atoms with Crippen LogP contribution in [-0.2, 0) is 14.8 Å². The highest BCUT2D eigenvalue weighted by molar-refractivity contribution is 7.90. The second-order valence-corrected chi connectivity index (χ2v) is 10.5. The predicted molar refractivity (Wildman–Crippen MR) is 123 cm³/mol. The highest BCUT2D eigenvalue weighted by Gasteiger charge is 2.33. The van der Waals surface area contributed by atoms with Crippen LogP contribution in [0.15, 0.2) is 53.7 Å². The molecule has 1 aromatic carbocycles. The first kappa shape index (κ1) is 21.9. The number of hydrogen-bond acceptors (Lipinski definition) is 7. The lowest BCUT2D eigenvalue weighted by Gasteiger charge is -2.30. The minimum absolute atomic E-state index is 0.164. The van der Waals surface area contributed by atoms with Gasteiger partial charge in [0.1, 0.15) is 11.8 Å². The van der Waals surface area contributed by atoms with Crippen LogP contribution in [-0.4, -0.2) is 46.7 Å². The molecule has 1 atom stereocenters. The second-order valence-electron chi connectivity index (χ2n) is 8.73. The fourth-order valence-electron chi connectivity index (χ4n) is 3.76. The van der Waals surface area contributed by atoms with E-state index in [2.05, 4.69) is 10.3 Å². The first-order valence-corrected chi connectivity index (χ1v) is 11.8. The third kappa shape index (κ3) is 4.10. The molecule has 0 bridgehead atoms. The Labute approximate surface area is 187 Å². The van der Waals surface area contributed by atoms with Crippen LogP contribution in [0.1, 0.15) is 33.6 Å². The van der Waals surface area contributed by atoms with E-state index in [4.69, 9.17) is 10.5 Å². The molecule has 9 nitrogen and oxygen atoms in total. The number of carbonyl (C=O) groups excluding carboxylic acids is 1. The SMILES string of the molecule is CC(C)(C)OC(=O)N1CCCC1Nc1c(N)cnc2c1ccn2S(=O)(=O)c1ccccc1. The summed E-state index contributed by atoms with van der Waals surface area (Å²) in [5.41, 5.74) is 6.76. The van der Waals surface area contributed by atoms with Gasteiger partial charge >= 0.3 is 6.09 Å². The Morgan fingerprint density at radius 2 is 1.94 bits per heavy atom. The quantitative estimate of drug-likeness (QED) is 0.614. The summed E-state index contributed by atoms with van der Waals surface area (Å²) in [6.07, 6.45) is 3.69. The Morgan fingerprint density at radius 3 is 2.62 bits per heavy atom. The number of hydrogen-bond donors (Lipinski definition) is 2. The number of anilines is 2. The van der Waals surface area contributed by atoms with E-state index in [1.54, 1.807) is 29.2 Å². The van der Waals surface area contributed by atoms with Crippen molar-refractivity contribution >= 4 is 38.5 Å². The number of nitrogen functional groups attached to an aromatic ring is 1. The highest BCUT2D eigenvalue weighted by Crippen LogP contribution is 2.33. The largest absolute Gasteiger partial charge is 0.444 e. The summed E-state index contributed by atoms with van der Waals surface area (Å²) in [7, 11) is -3.82. The van der Waals surface area contributed by atoms with Gasteiger partial charge in [0.25, 0.3) is 10.0 Å². The summed E-state index contributed by atoms with van der Waals surface area (Å²) in [6.45, 7) is 6.03. The van der Waals surface area contributed by atoms with Crippen molar-refractivity contribution in [2.45, 2.75) is 50.3 Å². The third-order valence-electron chi connectivity index (χ3n) is 5.20. The van der Waals surface area contributed by atoms with Crippen molar-refractivity contribution in [3.8, 4) is 0 Å². The summed E-state index contributed by atoms with van der Waals surface area (Å²) in [5.74, 6) is 0. The van der Waals surface area contributed by atoms with Crippen molar-refractivity contribution in [3.05, 3.63) is 48.8 Å². The summed E-state index contributed by atoms with van der Waals surface area (Å²) in [5, 5.41) is 3.88. The van der Waals surface area contributed by atoms with E-state index in [0.717, 1.165) is 10.4 Å². The number of likely N-dealkylation sites (tertiary alicyclic amines) is 1. The van der Waals surface area contributed by atoms with Gasteiger partial charge in [0.2, 0.25) is 0 Å². The monoisotopic (exact) mass is 457 g/mol. The molecule has 1 saturated heterocycles. The zero-order chi connectivity index (χ0) is 23.1. The van der Waals surface area contributed by atoms with E-state index < -0.39 is 21.7 Å². The molecule has 0 saturated carbocycles. The molecule has 0 radical (unpaired) electrons. The molecule has 4 rings (SSSR count). The molecule has 1 amide bonds. The molecule has 1 aliphatic heterocycles. The Bertz CT molecular complexity index is 1250. The molecule has 32 heavy (non-hydrogen) atoms. The number of nitrogens with two attached hydrogens (primary N) is 1. The van der Waals surface area contributed by atoms with Gasteiger partial charge in [-0.05, 0) is 51.8 Å². The average Bonchev–Trinajstić information content (AvgIpc) is 3.37. The Kier molecular flexibility index (Phi) is 5.49. The number of nitrogens with one attached hydrogen (secondary N) is 1. The van der Waals surface area contributed by atoms with Gasteiger partial charge < -0.3 is 15.8 Å². The predicted octanol–water partition coefficient (Wildman–Crippen LogP) is 3.62. The number of benzene rings is 1. The van der Waals surface area contributed by atoms with Crippen molar-refractivity contribution in [2.24, 2.45) is 0 Å². The Balaban J connectivity index is 1.69.